The number of ether oxygens (including phenoxy) is 1. The molecule has 0 saturated carbocycles. The number of halogens is 1. The Hall–Kier alpha value is -4.53. The summed E-state index contributed by atoms with van der Waals surface area (Å²) in [6, 6.07) is 3.53. The van der Waals surface area contributed by atoms with E-state index >= 15 is 0 Å². The lowest BCUT2D eigenvalue weighted by Crippen LogP contribution is -2.59. The molecule has 0 fully saturated rings. The molecule has 0 saturated heterocycles. The Bertz CT molecular complexity index is 1560. The Labute approximate surface area is 310 Å². The molecule has 13 nitrogen and oxygen atoms in total. The van der Waals surface area contributed by atoms with Crippen LogP contribution < -0.4 is 31.9 Å². The third kappa shape index (κ3) is 12.3. The number of rotatable bonds is 19. The lowest BCUT2D eigenvalue weighted by molar-refractivity contribution is -0.135. The quantitative estimate of drug-likeness (QED) is 0.0925. The van der Waals surface area contributed by atoms with Gasteiger partial charge in [0.25, 0.3) is 5.91 Å². The highest BCUT2D eigenvalue weighted by Crippen LogP contribution is 2.34. The number of methoxy groups -OCH3 is 1. The van der Waals surface area contributed by atoms with Crippen molar-refractivity contribution in [3.63, 3.8) is 0 Å². The SMILES string of the molecule is CC[C@H](CNc1sc(C(=O)NCCNC(=O)[C@@H](NC(=O)[C@@H](NC(=O)[C@@H](NC(C)=O)C(C)C)C(C)C)C(C)C)c(C)c1C(=O)OC)c1ccc(F)cc1. The Morgan fingerprint density at radius 1 is 0.769 bits per heavy atom. The van der Waals surface area contributed by atoms with Crippen LogP contribution in [0.2, 0.25) is 0 Å². The van der Waals surface area contributed by atoms with E-state index in [-0.39, 0.29) is 54.0 Å². The maximum atomic E-state index is 13.5. The molecule has 2 aromatic rings. The molecule has 2 rings (SSSR count). The Morgan fingerprint density at radius 2 is 1.27 bits per heavy atom. The van der Waals surface area contributed by atoms with E-state index in [1.165, 1.54) is 26.2 Å². The number of esters is 1. The fraction of sp³-hybridized carbons (Fsp3) is 0.568. The van der Waals surface area contributed by atoms with Gasteiger partial charge in [-0.1, -0.05) is 60.6 Å². The minimum atomic E-state index is -0.963. The van der Waals surface area contributed by atoms with Crippen molar-refractivity contribution in [2.75, 3.05) is 32.1 Å². The number of thiophene rings is 1. The maximum Gasteiger partial charge on any atom is 0.341 e. The molecule has 15 heteroatoms. The largest absolute Gasteiger partial charge is 0.465 e. The normalized spacial score (nSPS) is 13.5. The fourth-order valence-corrected chi connectivity index (χ4v) is 6.63. The van der Waals surface area contributed by atoms with E-state index in [2.05, 4.69) is 31.9 Å². The van der Waals surface area contributed by atoms with Gasteiger partial charge in [-0.2, -0.15) is 0 Å². The van der Waals surface area contributed by atoms with Crippen molar-refractivity contribution in [3.8, 4) is 0 Å². The van der Waals surface area contributed by atoms with Crippen molar-refractivity contribution in [2.24, 2.45) is 17.8 Å². The van der Waals surface area contributed by atoms with Gasteiger partial charge in [0.05, 0.1) is 17.6 Å². The van der Waals surface area contributed by atoms with Gasteiger partial charge >= 0.3 is 5.97 Å². The molecule has 0 spiro atoms. The zero-order chi connectivity index (χ0) is 39.3. The van der Waals surface area contributed by atoms with Crippen LogP contribution in [0, 0.1) is 30.5 Å². The number of hydrogen-bond acceptors (Lipinski definition) is 9. The van der Waals surface area contributed by atoms with Gasteiger partial charge in [-0.15, -0.1) is 11.3 Å². The Kier molecular flexibility index (Phi) is 17.2. The van der Waals surface area contributed by atoms with Crippen molar-refractivity contribution in [1.82, 2.24) is 26.6 Å². The first-order chi connectivity index (χ1) is 24.4. The molecule has 0 aliphatic carbocycles. The first-order valence-electron chi connectivity index (χ1n) is 17.6. The third-order valence-electron chi connectivity index (χ3n) is 8.60. The standard InChI is InChI=1S/C37H55FN6O7S/c1-11-24(25-12-14-26(38)15-13-25)18-41-36-27(37(50)51-10)22(8)31(52-36)35(49)40-17-16-39-32(46)28(19(2)3)43-34(48)30(21(6)7)44-33(47)29(20(4)5)42-23(9)45/h12-15,19-21,24,28-30,41H,11,16-18H2,1-10H3,(H,39,46)(H,40,49)(H,42,45)(H,43,48)(H,44,47)/t24-,28+,29+,30+/m1/s1. The van der Waals surface area contributed by atoms with Crippen molar-refractivity contribution in [1.29, 1.82) is 0 Å². The Balaban J connectivity index is 2.06. The van der Waals surface area contributed by atoms with Crippen LogP contribution in [-0.4, -0.2) is 80.4 Å². The maximum absolute atomic E-state index is 13.5. The van der Waals surface area contributed by atoms with E-state index in [1.54, 1.807) is 60.6 Å². The molecular weight excluding hydrogens is 692 g/mol. The summed E-state index contributed by atoms with van der Waals surface area (Å²) in [7, 11) is 1.27. The van der Waals surface area contributed by atoms with Crippen molar-refractivity contribution < 1.29 is 37.9 Å². The summed E-state index contributed by atoms with van der Waals surface area (Å²) < 4.78 is 18.5. The van der Waals surface area contributed by atoms with Gasteiger partial charge in [-0.05, 0) is 54.4 Å². The van der Waals surface area contributed by atoms with Crippen LogP contribution >= 0.6 is 11.3 Å². The van der Waals surface area contributed by atoms with Crippen LogP contribution in [-0.2, 0) is 23.9 Å². The fourth-order valence-electron chi connectivity index (χ4n) is 5.51. The monoisotopic (exact) mass is 746 g/mol. The average molecular weight is 747 g/mol. The van der Waals surface area contributed by atoms with Gasteiger partial charge in [0.2, 0.25) is 23.6 Å². The minimum absolute atomic E-state index is 0.0242. The molecule has 4 atom stereocenters. The highest BCUT2D eigenvalue weighted by Gasteiger charge is 2.33. The van der Waals surface area contributed by atoms with Crippen LogP contribution in [0.3, 0.4) is 0 Å². The summed E-state index contributed by atoms with van der Waals surface area (Å²) >= 11 is 1.11. The van der Waals surface area contributed by atoms with E-state index < -0.39 is 47.7 Å². The topological polar surface area (TPSA) is 184 Å². The molecular formula is C37H55FN6O7S. The smallest absolute Gasteiger partial charge is 0.341 e. The molecule has 0 radical (unpaired) electrons. The van der Waals surface area contributed by atoms with Crippen LogP contribution in [0.15, 0.2) is 24.3 Å². The molecule has 0 aliphatic rings. The Morgan fingerprint density at radius 3 is 1.75 bits per heavy atom. The second-order valence-electron chi connectivity index (χ2n) is 13.7. The minimum Gasteiger partial charge on any atom is -0.465 e. The van der Waals surface area contributed by atoms with E-state index in [0.717, 1.165) is 23.3 Å². The lowest BCUT2D eigenvalue weighted by Gasteiger charge is -2.29. The van der Waals surface area contributed by atoms with Gasteiger partial charge in [0, 0.05) is 32.5 Å². The number of hydrogen-bond donors (Lipinski definition) is 6. The zero-order valence-corrected chi connectivity index (χ0v) is 32.6. The third-order valence-corrected chi connectivity index (χ3v) is 9.85. The number of anilines is 1. The zero-order valence-electron chi connectivity index (χ0n) is 31.8. The molecule has 1 aromatic carbocycles. The van der Waals surface area contributed by atoms with Gasteiger partial charge in [0.1, 0.15) is 28.9 Å². The summed E-state index contributed by atoms with van der Waals surface area (Å²) in [5.41, 5.74) is 1.64. The van der Waals surface area contributed by atoms with Gasteiger partial charge in [0.15, 0.2) is 0 Å². The summed E-state index contributed by atoms with van der Waals surface area (Å²) in [6.07, 6.45) is 0.754. The molecule has 288 valence electrons. The average Bonchev–Trinajstić information content (AvgIpc) is 3.42. The van der Waals surface area contributed by atoms with E-state index in [9.17, 15) is 33.2 Å². The molecule has 5 amide bonds. The molecule has 0 unspecified atom stereocenters. The number of benzene rings is 1. The number of nitrogens with one attached hydrogen (secondary N) is 6. The summed E-state index contributed by atoms with van der Waals surface area (Å²) in [4.78, 5) is 77.5. The molecule has 1 heterocycles. The van der Waals surface area contributed by atoms with E-state index in [1.807, 2.05) is 6.92 Å². The molecule has 0 aliphatic heterocycles. The van der Waals surface area contributed by atoms with Crippen LogP contribution in [0.4, 0.5) is 9.39 Å². The second-order valence-corrected chi connectivity index (χ2v) is 14.7. The van der Waals surface area contributed by atoms with Gasteiger partial charge in [-0.25, -0.2) is 9.18 Å². The van der Waals surface area contributed by atoms with Crippen molar-refractivity contribution >= 4 is 51.8 Å². The summed E-state index contributed by atoms with van der Waals surface area (Å²) in [6.45, 7) is 16.2. The van der Waals surface area contributed by atoms with Crippen LogP contribution in [0.5, 0.6) is 0 Å². The summed E-state index contributed by atoms with van der Waals surface area (Å²) in [5, 5.41) is 17.4. The molecule has 6 N–H and O–H groups in total. The lowest BCUT2D eigenvalue weighted by atomic mass is 9.96. The number of amides is 5. The van der Waals surface area contributed by atoms with Crippen molar-refractivity contribution in [2.45, 2.75) is 92.8 Å². The second kappa shape index (κ2) is 20.5. The molecule has 0 bridgehead atoms. The van der Waals surface area contributed by atoms with Crippen molar-refractivity contribution in [3.05, 3.63) is 51.7 Å². The molecule has 1 aromatic heterocycles. The van der Waals surface area contributed by atoms with Crippen LogP contribution in [0.25, 0.3) is 0 Å². The number of carbonyl (C=O) groups is 6. The predicted molar refractivity (Wildman–Crippen MR) is 200 cm³/mol. The highest BCUT2D eigenvalue weighted by atomic mass is 32.1. The number of carbonyl (C=O) groups excluding carboxylic acids is 6. The predicted octanol–water partition coefficient (Wildman–Crippen LogP) is 3.88. The van der Waals surface area contributed by atoms with E-state index in [0.29, 0.717) is 22.0 Å². The van der Waals surface area contributed by atoms with Crippen LogP contribution in [0.1, 0.15) is 98.9 Å². The highest BCUT2D eigenvalue weighted by molar-refractivity contribution is 7.18. The summed E-state index contributed by atoms with van der Waals surface area (Å²) in [5.74, 6) is -4.07. The molecule has 52 heavy (non-hydrogen) atoms. The first-order valence-corrected chi connectivity index (χ1v) is 18.4. The van der Waals surface area contributed by atoms with E-state index in [4.69, 9.17) is 4.74 Å². The van der Waals surface area contributed by atoms with Gasteiger partial charge < -0.3 is 36.6 Å². The first kappa shape index (κ1) is 43.6. The van der Waals surface area contributed by atoms with Gasteiger partial charge in [-0.3, -0.25) is 24.0 Å².